The Labute approximate surface area is 158 Å². The third-order valence-corrected chi connectivity index (χ3v) is 6.28. The molecule has 2 aliphatic rings. The van der Waals surface area contributed by atoms with Gasteiger partial charge in [0.2, 0.25) is 0 Å². The number of benzene rings is 2. The number of likely N-dealkylation sites (tertiary alicyclic amines) is 1. The van der Waals surface area contributed by atoms with E-state index in [1.165, 1.54) is 16.7 Å². The average molecular weight is 361 g/mol. The van der Waals surface area contributed by atoms with Crippen molar-refractivity contribution in [1.82, 2.24) is 14.9 Å². The maximum absolute atomic E-state index is 13.3. The Morgan fingerprint density at radius 3 is 3.04 bits per heavy atom. The standard InChI is InChI=1S/C22H23N3O2/c1-13-20(27-2)8-6-14-11-19-16(21(13)14)4-3-9-25(19)22(26)15-5-7-17-18(10-15)24-12-23-17/h5-8,10,12,16,19H,3-4,9,11H2,1-2H3,(H,23,24). The van der Waals surface area contributed by atoms with Crippen LogP contribution in [0.3, 0.4) is 0 Å². The average Bonchev–Trinajstić information content (AvgIpc) is 3.31. The fraction of sp³-hybridized carbons (Fsp3) is 0.364. The lowest BCUT2D eigenvalue weighted by atomic mass is 9.86. The molecule has 0 saturated carbocycles. The highest BCUT2D eigenvalue weighted by Crippen LogP contribution is 2.46. The first kappa shape index (κ1) is 16.4. The van der Waals surface area contributed by atoms with E-state index >= 15 is 0 Å². The number of rotatable bonds is 2. The van der Waals surface area contributed by atoms with Crippen molar-refractivity contribution in [3.63, 3.8) is 0 Å². The number of aromatic nitrogens is 2. The minimum absolute atomic E-state index is 0.124. The van der Waals surface area contributed by atoms with E-state index in [-0.39, 0.29) is 11.9 Å². The normalized spacial score (nSPS) is 21.2. The van der Waals surface area contributed by atoms with Crippen molar-refractivity contribution in [2.45, 2.75) is 38.1 Å². The van der Waals surface area contributed by atoms with Crippen LogP contribution in [0.25, 0.3) is 11.0 Å². The number of aromatic amines is 1. The molecule has 2 unspecified atom stereocenters. The van der Waals surface area contributed by atoms with E-state index in [1.54, 1.807) is 13.4 Å². The molecule has 2 atom stereocenters. The summed E-state index contributed by atoms with van der Waals surface area (Å²) in [6.07, 6.45) is 4.77. The van der Waals surface area contributed by atoms with Gasteiger partial charge in [-0.05, 0) is 67.1 Å². The van der Waals surface area contributed by atoms with E-state index in [0.717, 1.165) is 48.2 Å². The summed E-state index contributed by atoms with van der Waals surface area (Å²) in [6.45, 7) is 2.97. The lowest BCUT2D eigenvalue weighted by molar-refractivity contribution is 0.0595. The summed E-state index contributed by atoms with van der Waals surface area (Å²) in [4.78, 5) is 22.8. The highest BCUT2D eigenvalue weighted by molar-refractivity contribution is 5.97. The first-order valence-corrected chi connectivity index (χ1v) is 9.58. The van der Waals surface area contributed by atoms with Crippen LogP contribution in [0, 0.1) is 6.92 Å². The molecule has 2 aromatic carbocycles. The van der Waals surface area contributed by atoms with Crippen LogP contribution < -0.4 is 4.74 Å². The Kier molecular flexibility index (Phi) is 3.71. The second kappa shape index (κ2) is 6.12. The van der Waals surface area contributed by atoms with E-state index in [1.807, 2.05) is 18.2 Å². The van der Waals surface area contributed by atoms with Gasteiger partial charge in [-0.25, -0.2) is 4.98 Å². The number of carbonyl (C=O) groups excluding carboxylic acids is 1. The first-order valence-electron chi connectivity index (χ1n) is 9.58. The summed E-state index contributed by atoms with van der Waals surface area (Å²) < 4.78 is 5.54. The van der Waals surface area contributed by atoms with Crippen LogP contribution in [0.15, 0.2) is 36.7 Å². The van der Waals surface area contributed by atoms with Crippen LogP contribution in [-0.2, 0) is 6.42 Å². The zero-order valence-corrected chi connectivity index (χ0v) is 15.7. The summed E-state index contributed by atoms with van der Waals surface area (Å²) in [5.41, 5.74) is 6.53. The van der Waals surface area contributed by atoms with E-state index in [2.05, 4.69) is 33.9 Å². The van der Waals surface area contributed by atoms with E-state index in [4.69, 9.17) is 4.74 Å². The molecule has 0 radical (unpaired) electrons. The molecular formula is C22H23N3O2. The third kappa shape index (κ3) is 2.45. The number of piperidine rings is 1. The quantitative estimate of drug-likeness (QED) is 0.755. The number of fused-ring (bicyclic) bond motifs is 4. The van der Waals surface area contributed by atoms with E-state index in [0.29, 0.717) is 5.92 Å². The molecule has 1 amide bonds. The number of ether oxygens (including phenoxy) is 1. The van der Waals surface area contributed by atoms with Crippen LogP contribution in [0.5, 0.6) is 5.75 Å². The molecule has 1 aliphatic heterocycles. The van der Waals surface area contributed by atoms with Crippen LogP contribution in [0.2, 0.25) is 0 Å². The van der Waals surface area contributed by atoms with Gasteiger partial charge < -0.3 is 14.6 Å². The molecule has 0 bridgehead atoms. The van der Waals surface area contributed by atoms with Crippen LogP contribution >= 0.6 is 0 Å². The van der Waals surface area contributed by atoms with Gasteiger partial charge in [-0.2, -0.15) is 0 Å². The van der Waals surface area contributed by atoms with Gasteiger partial charge in [0, 0.05) is 24.1 Å². The monoisotopic (exact) mass is 361 g/mol. The highest BCUT2D eigenvalue weighted by atomic mass is 16.5. The van der Waals surface area contributed by atoms with E-state index in [9.17, 15) is 4.79 Å². The maximum atomic E-state index is 13.3. The van der Waals surface area contributed by atoms with Crippen molar-refractivity contribution < 1.29 is 9.53 Å². The van der Waals surface area contributed by atoms with Gasteiger partial charge >= 0.3 is 0 Å². The van der Waals surface area contributed by atoms with Crippen molar-refractivity contribution in [2.75, 3.05) is 13.7 Å². The van der Waals surface area contributed by atoms with Gasteiger partial charge in [0.1, 0.15) is 5.75 Å². The van der Waals surface area contributed by atoms with Crippen molar-refractivity contribution in [3.8, 4) is 5.75 Å². The molecule has 1 saturated heterocycles. The highest BCUT2D eigenvalue weighted by Gasteiger charge is 2.42. The molecule has 2 heterocycles. The molecule has 138 valence electrons. The number of hydrogen-bond acceptors (Lipinski definition) is 3. The first-order chi connectivity index (χ1) is 13.2. The molecule has 1 N–H and O–H groups in total. The Hall–Kier alpha value is -2.82. The summed E-state index contributed by atoms with van der Waals surface area (Å²) in [6, 6.07) is 10.2. The molecule has 1 aliphatic carbocycles. The molecule has 27 heavy (non-hydrogen) atoms. The molecule has 3 aromatic rings. The fourth-order valence-electron chi connectivity index (χ4n) is 5.04. The predicted molar refractivity (Wildman–Crippen MR) is 104 cm³/mol. The molecule has 1 fully saturated rings. The lowest BCUT2D eigenvalue weighted by Gasteiger charge is -2.38. The minimum Gasteiger partial charge on any atom is -0.496 e. The fourth-order valence-corrected chi connectivity index (χ4v) is 5.04. The number of H-pyrrole nitrogens is 1. The zero-order chi connectivity index (χ0) is 18.5. The number of carbonyl (C=O) groups is 1. The number of nitrogens with one attached hydrogen (secondary N) is 1. The Morgan fingerprint density at radius 2 is 2.19 bits per heavy atom. The summed E-state index contributed by atoms with van der Waals surface area (Å²) in [5, 5.41) is 0. The Bertz CT molecular complexity index is 1040. The molecule has 5 nitrogen and oxygen atoms in total. The van der Waals surface area contributed by atoms with Gasteiger partial charge in [0.05, 0.1) is 24.5 Å². The van der Waals surface area contributed by atoms with Gasteiger partial charge in [0.15, 0.2) is 0 Å². The zero-order valence-electron chi connectivity index (χ0n) is 15.7. The maximum Gasteiger partial charge on any atom is 0.254 e. The molecule has 5 rings (SSSR count). The van der Waals surface area contributed by atoms with Gasteiger partial charge in [-0.3, -0.25) is 4.79 Å². The molecular weight excluding hydrogens is 338 g/mol. The number of amides is 1. The van der Waals surface area contributed by atoms with Crippen molar-refractivity contribution in [2.24, 2.45) is 0 Å². The number of nitrogens with zero attached hydrogens (tertiary/aromatic N) is 2. The summed E-state index contributed by atoms with van der Waals surface area (Å²) >= 11 is 0. The second-order valence-corrected chi connectivity index (χ2v) is 7.62. The van der Waals surface area contributed by atoms with Gasteiger partial charge in [0.25, 0.3) is 5.91 Å². The summed E-state index contributed by atoms with van der Waals surface area (Å²) in [7, 11) is 1.73. The second-order valence-electron chi connectivity index (χ2n) is 7.62. The third-order valence-electron chi connectivity index (χ3n) is 6.28. The minimum atomic E-state index is 0.124. The van der Waals surface area contributed by atoms with E-state index < -0.39 is 0 Å². The summed E-state index contributed by atoms with van der Waals surface area (Å²) in [5.74, 6) is 1.48. The van der Waals surface area contributed by atoms with Gasteiger partial charge in [-0.15, -0.1) is 0 Å². The number of imidazole rings is 1. The van der Waals surface area contributed by atoms with Crippen LogP contribution in [-0.4, -0.2) is 40.5 Å². The lowest BCUT2D eigenvalue weighted by Crippen LogP contribution is -2.46. The SMILES string of the molecule is COc1ccc2c(c1C)C1CCCN(C(=O)c3ccc4nc[nH]c4c3)C1C2. The van der Waals surface area contributed by atoms with Crippen molar-refractivity contribution in [1.29, 1.82) is 0 Å². The van der Waals surface area contributed by atoms with Crippen molar-refractivity contribution in [3.05, 3.63) is 58.9 Å². The van der Waals surface area contributed by atoms with Crippen molar-refractivity contribution >= 4 is 16.9 Å². The smallest absolute Gasteiger partial charge is 0.254 e. The predicted octanol–water partition coefficient (Wildman–Crippen LogP) is 3.82. The molecule has 0 spiro atoms. The van der Waals surface area contributed by atoms with Crippen LogP contribution in [0.4, 0.5) is 0 Å². The van der Waals surface area contributed by atoms with Gasteiger partial charge in [-0.1, -0.05) is 6.07 Å². The molecule has 1 aromatic heterocycles. The van der Waals surface area contributed by atoms with Crippen LogP contribution in [0.1, 0.15) is 45.8 Å². The largest absolute Gasteiger partial charge is 0.496 e. The Morgan fingerprint density at radius 1 is 1.30 bits per heavy atom. The Balaban J connectivity index is 1.49. The molecule has 5 heteroatoms. The number of methoxy groups -OCH3 is 1. The number of hydrogen-bond donors (Lipinski definition) is 1. The topological polar surface area (TPSA) is 58.2 Å².